The number of pyridine rings is 1. The molecule has 142 valence electrons. The Morgan fingerprint density at radius 3 is 2.93 bits per heavy atom. The topological polar surface area (TPSA) is 81.7 Å². The summed E-state index contributed by atoms with van der Waals surface area (Å²) in [5.41, 5.74) is 6.10. The normalized spacial score (nSPS) is 13.0. The van der Waals surface area contributed by atoms with Crippen molar-refractivity contribution in [2.45, 2.75) is 19.9 Å². The first-order chi connectivity index (χ1) is 13.3. The number of aryl methyl sites for hydroxylation is 1. The molecule has 1 aliphatic rings. The summed E-state index contributed by atoms with van der Waals surface area (Å²) in [4.78, 5) is 9.24. The molecule has 0 spiro atoms. The summed E-state index contributed by atoms with van der Waals surface area (Å²) >= 11 is 0. The molecule has 0 saturated heterocycles. The van der Waals surface area contributed by atoms with E-state index in [-0.39, 0.29) is 12.4 Å². The summed E-state index contributed by atoms with van der Waals surface area (Å²) in [5.74, 6) is 1.06. The van der Waals surface area contributed by atoms with Crippen LogP contribution in [0, 0.1) is 6.92 Å². The van der Waals surface area contributed by atoms with Crippen molar-refractivity contribution in [2.24, 2.45) is 0 Å². The van der Waals surface area contributed by atoms with E-state index in [1.54, 1.807) is 10.9 Å². The lowest BCUT2D eigenvalue weighted by atomic mass is 9.95. The van der Waals surface area contributed by atoms with Crippen LogP contribution in [0.25, 0.3) is 28.5 Å². The van der Waals surface area contributed by atoms with Crippen LogP contribution in [-0.2, 0) is 13.0 Å². The molecule has 8 heteroatoms. The van der Waals surface area contributed by atoms with Gasteiger partial charge in [-0.25, -0.2) is 4.68 Å². The van der Waals surface area contributed by atoms with E-state index in [9.17, 15) is 0 Å². The van der Waals surface area contributed by atoms with Crippen molar-refractivity contribution in [2.75, 3.05) is 6.54 Å². The van der Waals surface area contributed by atoms with Crippen molar-refractivity contribution in [1.82, 2.24) is 30.2 Å². The standard InChI is InChI=1S/C20H18N6O.ClH/c1-13-18(15-7-9-21-11-14(15)12-22-13)19-24-20(27-25-19)16-5-2-3-6-17(16)26-10-4-8-23-26;/h2-6,8,10,12,21H,7,9,11H2,1H3;1H. The van der Waals surface area contributed by atoms with Crippen molar-refractivity contribution >= 4 is 12.4 Å². The summed E-state index contributed by atoms with van der Waals surface area (Å²) in [5, 5.41) is 12.0. The number of halogens is 1. The minimum Gasteiger partial charge on any atom is -0.334 e. The Hall–Kier alpha value is -3.03. The molecule has 0 saturated carbocycles. The molecular weight excluding hydrogens is 376 g/mol. The van der Waals surface area contributed by atoms with Gasteiger partial charge in [0, 0.05) is 36.4 Å². The maximum Gasteiger partial charge on any atom is 0.260 e. The van der Waals surface area contributed by atoms with Crippen LogP contribution in [0.15, 0.2) is 53.4 Å². The molecule has 0 amide bonds. The molecule has 1 N–H and O–H groups in total. The Morgan fingerprint density at radius 1 is 1.18 bits per heavy atom. The smallest absolute Gasteiger partial charge is 0.260 e. The van der Waals surface area contributed by atoms with E-state index in [4.69, 9.17) is 9.51 Å². The van der Waals surface area contributed by atoms with Crippen LogP contribution in [0.5, 0.6) is 0 Å². The Morgan fingerprint density at radius 2 is 2.07 bits per heavy atom. The highest BCUT2D eigenvalue weighted by Gasteiger charge is 2.22. The largest absolute Gasteiger partial charge is 0.334 e. The van der Waals surface area contributed by atoms with Gasteiger partial charge in [-0.05, 0) is 49.2 Å². The highest BCUT2D eigenvalue weighted by atomic mass is 35.5. The van der Waals surface area contributed by atoms with Gasteiger partial charge >= 0.3 is 0 Å². The summed E-state index contributed by atoms with van der Waals surface area (Å²) in [7, 11) is 0. The molecule has 1 aliphatic heterocycles. The summed E-state index contributed by atoms with van der Waals surface area (Å²) in [6.07, 6.45) is 6.51. The molecule has 0 unspecified atom stereocenters. The summed E-state index contributed by atoms with van der Waals surface area (Å²) < 4.78 is 7.44. The zero-order chi connectivity index (χ0) is 18.2. The number of para-hydroxylation sites is 1. The van der Waals surface area contributed by atoms with Crippen LogP contribution in [0.1, 0.15) is 16.8 Å². The number of hydrogen-bond acceptors (Lipinski definition) is 6. The van der Waals surface area contributed by atoms with E-state index in [1.165, 1.54) is 11.1 Å². The van der Waals surface area contributed by atoms with E-state index < -0.39 is 0 Å². The first-order valence-corrected chi connectivity index (χ1v) is 8.93. The summed E-state index contributed by atoms with van der Waals surface area (Å²) in [6, 6.07) is 9.75. The van der Waals surface area contributed by atoms with Gasteiger partial charge in [-0.3, -0.25) is 4.98 Å². The van der Waals surface area contributed by atoms with Crippen LogP contribution in [0.3, 0.4) is 0 Å². The van der Waals surface area contributed by atoms with Gasteiger partial charge in [0.1, 0.15) is 0 Å². The maximum absolute atomic E-state index is 5.64. The minimum atomic E-state index is 0. The van der Waals surface area contributed by atoms with E-state index in [0.29, 0.717) is 11.7 Å². The zero-order valence-electron chi connectivity index (χ0n) is 15.3. The van der Waals surface area contributed by atoms with Gasteiger partial charge in [0.15, 0.2) is 0 Å². The molecule has 0 bridgehead atoms. The predicted octanol–water partition coefficient (Wildman–Crippen LogP) is 3.36. The van der Waals surface area contributed by atoms with Gasteiger partial charge in [0.05, 0.1) is 11.3 Å². The Labute approximate surface area is 168 Å². The lowest BCUT2D eigenvalue weighted by Crippen LogP contribution is -2.24. The molecule has 3 aromatic heterocycles. The summed E-state index contributed by atoms with van der Waals surface area (Å²) in [6.45, 7) is 3.75. The quantitative estimate of drug-likeness (QED) is 0.573. The van der Waals surface area contributed by atoms with Crippen molar-refractivity contribution in [3.63, 3.8) is 0 Å². The van der Waals surface area contributed by atoms with E-state index in [0.717, 1.165) is 42.0 Å². The molecule has 4 aromatic rings. The maximum atomic E-state index is 5.64. The van der Waals surface area contributed by atoms with Gasteiger partial charge < -0.3 is 9.84 Å². The van der Waals surface area contributed by atoms with Gasteiger partial charge in [-0.2, -0.15) is 10.1 Å². The third-order valence-electron chi connectivity index (χ3n) is 4.87. The fourth-order valence-corrected chi connectivity index (χ4v) is 3.57. The van der Waals surface area contributed by atoms with Gasteiger partial charge in [0.2, 0.25) is 5.82 Å². The van der Waals surface area contributed by atoms with E-state index in [1.807, 2.05) is 49.6 Å². The van der Waals surface area contributed by atoms with E-state index in [2.05, 4.69) is 20.6 Å². The highest BCUT2D eigenvalue weighted by Crippen LogP contribution is 2.31. The third-order valence-corrected chi connectivity index (χ3v) is 4.87. The number of nitrogens with zero attached hydrogens (tertiary/aromatic N) is 5. The number of benzene rings is 1. The fourth-order valence-electron chi connectivity index (χ4n) is 3.57. The molecular formula is C20H19ClN6O. The number of aromatic nitrogens is 5. The first kappa shape index (κ1) is 18.3. The Balaban J connectivity index is 0.00000192. The van der Waals surface area contributed by atoms with Crippen LogP contribution >= 0.6 is 12.4 Å². The second-order valence-electron chi connectivity index (χ2n) is 6.54. The molecule has 7 nitrogen and oxygen atoms in total. The van der Waals surface area contributed by atoms with Crippen LogP contribution in [0.4, 0.5) is 0 Å². The van der Waals surface area contributed by atoms with Crippen molar-refractivity contribution < 1.29 is 4.52 Å². The highest BCUT2D eigenvalue weighted by molar-refractivity contribution is 5.85. The van der Waals surface area contributed by atoms with Crippen LogP contribution in [0.2, 0.25) is 0 Å². The van der Waals surface area contributed by atoms with E-state index >= 15 is 0 Å². The molecule has 1 aromatic carbocycles. The first-order valence-electron chi connectivity index (χ1n) is 8.93. The molecule has 28 heavy (non-hydrogen) atoms. The zero-order valence-corrected chi connectivity index (χ0v) is 16.1. The fraction of sp³-hybridized carbons (Fsp3) is 0.200. The van der Waals surface area contributed by atoms with Crippen molar-refractivity contribution in [3.8, 4) is 28.5 Å². The molecule has 0 atom stereocenters. The molecule has 0 fully saturated rings. The third kappa shape index (κ3) is 3.08. The molecule has 0 aliphatic carbocycles. The average molecular weight is 395 g/mol. The minimum absolute atomic E-state index is 0. The molecule has 0 radical (unpaired) electrons. The predicted molar refractivity (Wildman–Crippen MR) is 107 cm³/mol. The average Bonchev–Trinajstić information content (AvgIpc) is 3.40. The van der Waals surface area contributed by atoms with Gasteiger partial charge in [-0.1, -0.05) is 17.3 Å². The lowest BCUT2D eigenvalue weighted by molar-refractivity contribution is 0.432. The lowest BCUT2D eigenvalue weighted by Gasteiger charge is -2.19. The number of nitrogens with one attached hydrogen (secondary N) is 1. The second-order valence-corrected chi connectivity index (χ2v) is 6.54. The second kappa shape index (κ2) is 7.53. The van der Waals surface area contributed by atoms with Crippen molar-refractivity contribution in [3.05, 3.63) is 65.7 Å². The number of rotatable bonds is 3. The molecule has 5 rings (SSSR count). The number of hydrogen-bond donors (Lipinski definition) is 1. The van der Waals surface area contributed by atoms with Crippen molar-refractivity contribution in [1.29, 1.82) is 0 Å². The van der Waals surface area contributed by atoms with Crippen LogP contribution in [-0.4, -0.2) is 31.4 Å². The van der Waals surface area contributed by atoms with Crippen LogP contribution < -0.4 is 5.32 Å². The monoisotopic (exact) mass is 394 g/mol. The Bertz CT molecular complexity index is 1110. The number of fused-ring (bicyclic) bond motifs is 1. The van der Waals surface area contributed by atoms with Gasteiger partial charge in [-0.15, -0.1) is 12.4 Å². The Kier molecular flexibility index (Phi) is 4.93. The SMILES string of the molecule is Cc1ncc2c(c1-c1noc(-c3ccccc3-n3cccn3)n1)CCNC2.Cl. The molecule has 4 heterocycles. The van der Waals surface area contributed by atoms with Gasteiger partial charge in [0.25, 0.3) is 5.89 Å².